The molecule has 5 heteroatoms. The smallest absolute Gasteiger partial charge is 0.276 e. The molecule has 0 aromatic carbocycles. The molecule has 2 N–H and O–H groups in total. The van der Waals surface area contributed by atoms with E-state index in [9.17, 15) is 4.79 Å². The second-order valence-corrected chi connectivity index (χ2v) is 5.40. The van der Waals surface area contributed by atoms with E-state index in [0.717, 1.165) is 25.8 Å². The highest BCUT2D eigenvalue weighted by atomic mass is 16.2. The Kier molecular flexibility index (Phi) is 4.45. The van der Waals surface area contributed by atoms with Gasteiger partial charge in [0.25, 0.3) is 5.91 Å². The summed E-state index contributed by atoms with van der Waals surface area (Å²) < 4.78 is 1.76. The number of hydrogen-bond acceptors (Lipinski definition) is 3. The molecule has 1 aromatic heterocycles. The number of hydrogen-bond donors (Lipinski definition) is 1. The third-order valence-corrected chi connectivity index (χ3v) is 3.89. The Morgan fingerprint density at radius 2 is 2.16 bits per heavy atom. The van der Waals surface area contributed by atoms with Gasteiger partial charge in [-0.15, -0.1) is 0 Å². The molecule has 19 heavy (non-hydrogen) atoms. The number of anilines is 1. The van der Waals surface area contributed by atoms with Gasteiger partial charge in [-0.2, -0.15) is 5.10 Å². The molecule has 1 amide bonds. The molecule has 0 saturated heterocycles. The van der Waals surface area contributed by atoms with E-state index in [1.54, 1.807) is 10.9 Å². The topological polar surface area (TPSA) is 64.2 Å². The fourth-order valence-electron chi connectivity index (χ4n) is 2.75. The van der Waals surface area contributed by atoms with E-state index in [1.807, 2.05) is 11.9 Å². The fraction of sp³-hybridized carbons (Fsp3) is 0.714. The van der Waals surface area contributed by atoms with Gasteiger partial charge in [0.2, 0.25) is 0 Å². The summed E-state index contributed by atoms with van der Waals surface area (Å²) in [5.41, 5.74) is 6.80. The quantitative estimate of drug-likeness (QED) is 0.907. The average Bonchev–Trinajstić information content (AvgIpc) is 2.79. The lowest BCUT2D eigenvalue weighted by molar-refractivity contribution is 0.0690. The molecule has 0 radical (unpaired) electrons. The van der Waals surface area contributed by atoms with Crippen LogP contribution in [0.4, 0.5) is 5.69 Å². The highest BCUT2D eigenvalue weighted by Gasteiger charge is 2.26. The minimum absolute atomic E-state index is 0.0424. The Labute approximate surface area is 114 Å². The predicted molar refractivity (Wildman–Crippen MR) is 75.9 cm³/mol. The van der Waals surface area contributed by atoms with Crippen LogP contribution in [0.5, 0.6) is 0 Å². The molecule has 0 bridgehead atoms. The van der Waals surface area contributed by atoms with Crippen LogP contribution in [0.1, 0.15) is 55.9 Å². The van der Waals surface area contributed by atoms with E-state index in [-0.39, 0.29) is 5.91 Å². The van der Waals surface area contributed by atoms with E-state index in [2.05, 4.69) is 12.0 Å². The highest BCUT2D eigenvalue weighted by molar-refractivity contribution is 5.97. The lowest BCUT2D eigenvalue weighted by Gasteiger charge is -2.30. The number of aromatic nitrogens is 2. The van der Waals surface area contributed by atoms with Crippen molar-refractivity contribution in [3.63, 3.8) is 0 Å². The monoisotopic (exact) mass is 264 g/mol. The van der Waals surface area contributed by atoms with E-state index in [4.69, 9.17) is 5.73 Å². The van der Waals surface area contributed by atoms with Crippen molar-refractivity contribution in [2.45, 2.75) is 58.0 Å². The Morgan fingerprint density at radius 1 is 1.47 bits per heavy atom. The van der Waals surface area contributed by atoms with E-state index < -0.39 is 0 Å². The molecular weight excluding hydrogens is 240 g/mol. The summed E-state index contributed by atoms with van der Waals surface area (Å²) >= 11 is 0. The number of nitrogen functional groups attached to an aromatic ring is 1. The number of nitrogens with two attached hydrogens (primary N) is 1. The van der Waals surface area contributed by atoms with Crippen molar-refractivity contribution in [1.82, 2.24) is 14.7 Å². The van der Waals surface area contributed by atoms with Crippen molar-refractivity contribution < 1.29 is 4.79 Å². The lowest BCUT2D eigenvalue weighted by Crippen LogP contribution is -2.38. The van der Waals surface area contributed by atoms with Crippen LogP contribution in [-0.4, -0.2) is 33.7 Å². The highest BCUT2D eigenvalue weighted by Crippen LogP contribution is 2.23. The standard InChI is InChI=1S/C14H24N4O/c1-3-9-18-10-12(15)13(16-18)14(19)17(2)11-7-5-4-6-8-11/h10-11H,3-9,15H2,1-2H3. The van der Waals surface area contributed by atoms with Gasteiger partial charge in [-0.25, -0.2) is 0 Å². The van der Waals surface area contributed by atoms with Crippen LogP contribution in [0.3, 0.4) is 0 Å². The molecule has 1 aromatic rings. The number of amides is 1. The van der Waals surface area contributed by atoms with Crippen LogP contribution in [0.25, 0.3) is 0 Å². The second kappa shape index (κ2) is 6.08. The van der Waals surface area contributed by atoms with Gasteiger partial charge in [-0.3, -0.25) is 9.48 Å². The van der Waals surface area contributed by atoms with Crippen molar-refractivity contribution in [3.8, 4) is 0 Å². The summed E-state index contributed by atoms with van der Waals surface area (Å²) in [5, 5.41) is 4.32. The Hall–Kier alpha value is -1.52. The fourth-order valence-corrected chi connectivity index (χ4v) is 2.75. The van der Waals surface area contributed by atoms with Crippen LogP contribution in [0, 0.1) is 0 Å². The van der Waals surface area contributed by atoms with E-state index in [1.165, 1.54) is 19.3 Å². The summed E-state index contributed by atoms with van der Waals surface area (Å²) in [7, 11) is 1.87. The molecule has 0 atom stereocenters. The van der Waals surface area contributed by atoms with Gasteiger partial charge in [0.05, 0.1) is 5.69 Å². The first-order valence-electron chi connectivity index (χ1n) is 7.23. The number of carbonyl (C=O) groups excluding carboxylic acids is 1. The maximum atomic E-state index is 12.5. The Morgan fingerprint density at radius 3 is 2.79 bits per heavy atom. The first kappa shape index (κ1) is 13.9. The van der Waals surface area contributed by atoms with Crippen LogP contribution < -0.4 is 5.73 Å². The molecule has 1 aliphatic carbocycles. The second-order valence-electron chi connectivity index (χ2n) is 5.40. The zero-order chi connectivity index (χ0) is 13.8. The summed E-state index contributed by atoms with van der Waals surface area (Å²) in [6.45, 7) is 2.87. The molecule has 1 saturated carbocycles. The maximum Gasteiger partial charge on any atom is 0.276 e. The summed E-state index contributed by atoms with van der Waals surface area (Å²) in [6, 6.07) is 0.344. The largest absolute Gasteiger partial charge is 0.396 e. The maximum absolute atomic E-state index is 12.5. The van der Waals surface area contributed by atoms with Crippen LogP contribution in [-0.2, 0) is 6.54 Å². The SMILES string of the molecule is CCCn1cc(N)c(C(=O)N(C)C2CCCCC2)n1. The third kappa shape index (κ3) is 3.08. The molecule has 0 aliphatic heterocycles. The predicted octanol–water partition coefficient (Wildman–Crippen LogP) is 2.28. The molecule has 1 aliphatic rings. The van der Waals surface area contributed by atoms with Gasteiger partial charge in [0.15, 0.2) is 5.69 Å². The summed E-state index contributed by atoms with van der Waals surface area (Å²) in [5.74, 6) is -0.0424. The zero-order valence-electron chi connectivity index (χ0n) is 11.9. The number of carbonyl (C=O) groups is 1. The number of rotatable bonds is 4. The van der Waals surface area contributed by atoms with Gasteiger partial charge in [0.1, 0.15) is 0 Å². The molecule has 5 nitrogen and oxygen atoms in total. The molecular formula is C14H24N4O. The van der Waals surface area contributed by atoms with Crippen molar-refractivity contribution in [1.29, 1.82) is 0 Å². The normalized spacial score (nSPS) is 16.5. The lowest BCUT2D eigenvalue weighted by atomic mass is 9.94. The molecule has 1 fully saturated rings. The molecule has 0 spiro atoms. The Balaban J connectivity index is 2.09. The van der Waals surface area contributed by atoms with Gasteiger partial charge < -0.3 is 10.6 Å². The van der Waals surface area contributed by atoms with Crippen molar-refractivity contribution in [2.75, 3.05) is 12.8 Å². The van der Waals surface area contributed by atoms with E-state index in [0.29, 0.717) is 17.4 Å². The molecule has 106 valence electrons. The first-order valence-corrected chi connectivity index (χ1v) is 7.23. The van der Waals surface area contributed by atoms with E-state index >= 15 is 0 Å². The summed E-state index contributed by atoms with van der Waals surface area (Å²) in [6.07, 6.45) is 8.63. The van der Waals surface area contributed by atoms with Crippen molar-refractivity contribution >= 4 is 11.6 Å². The molecule has 2 rings (SSSR count). The summed E-state index contributed by atoms with van der Waals surface area (Å²) in [4.78, 5) is 14.3. The van der Waals surface area contributed by atoms with Crippen molar-refractivity contribution in [2.24, 2.45) is 0 Å². The minimum atomic E-state index is -0.0424. The van der Waals surface area contributed by atoms with Crippen molar-refractivity contribution in [3.05, 3.63) is 11.9 Å². The van der Waals surface area contributed by atoms with Crippen LogP contribution >= 0.6 is 0 Å². The van der Waals surface area contributed by atoms with Gasteiger partial charge >= 0.3 is 0 Å². The minimum Gasteiger partial charge on any atom is -0.396 e. The van der Waals surface area contributed by atoms with Gasteiger partial charge in [-0.05, 0) is 19.3 Å². The van der Waals surface area contributed by atoms with Crippen LogP contribution in [0.2, 0.25) is 0 Å². The molecule has 1 heterocycles. The molecule has 0 unspecified atom stereocenters. The van der Waals surface area contributed by atoms with Gasteiger partial charge in [-0.1, -0.05) is 26.2 Å². The van der Waals surface area contributed by atoms with Crippen LogP contribution in [0.15, 0.2) is 6.20 Å². The average molecular weight is 264 g/mol. The van der Waals surface area contributed by atoms with Gasteiger partial charge in [0, 0.05) is 25.8 Å². The third-order valence-electron chi connectivity index (χ3n) is 3.89. The first-order chi connectivity index (χ1) is 9.13. The zero-order valence-corrected chi connectivity index (χ0v) is 11.9. The Bertz CT molecular complexity index is 435. The number of nitrogens with zero attached hydrogens (tertiary/aromatic N) is 3. The number of aryl methyl sites for hydroxylation is 1.